The third kappa shape index (κ3) is 2.24. The number of hydrogen-bond acceptors (Lipinski definition) is 4. The molecule has 2 heterocycles. The van der Waals surface area contributed by atoms with Crippen molar-refractivity contribution in [3.8, 4) is 0 Å². The molecule has 2 aliphatic rings. The molecule has 1 aliphatic heterocycles. The molecule has 102 valence electrons. The van der Waals surface area contributed by atoms with Crippen LogP contribution in [0.1, 0.15) is 17.7 Å². The van der Waals surface area contributed by atoms with Gasteiger partial charge in [-0.15, -0.1) is 0 Å². The Kier molecular flexibility index (Phi) is 3.24. The van der Waals surface area contributed by atoms with Crippen molar-refractivity contribution >= 4 is 5.91 Å². The number of aromatic nitrogens is 1. The molecule has 3 N–H and O–H groups in total. The second-order valence-electron chi connectivity index (χ2n) is 5.40. The Bertz CT molecular complexity index is 491. The Labute approximate surface area is 112 Å². The van der Waals surface area contributed by atoms with Crippen molar-refractivity contribution in [2.45, 2.75) is 38.0 Å². The fraction of sp³-hybridized carbons (Fsp3) is 0.571. The Balaban J connectivity index is 1.59. The predicted molar refractivity (Wildman–Crippen MR) is 70.4 cm³/mol. The third-order valence-electron chi connectivity index (χ3n) is 4.22. The molecule has 4 atom stereocenters. The van der Waals surface area contributed by atoms with Crippen molar-refractivity contribution in [2.75, 3.05) is 6.61 Å². The number of pyridine rings is 1. The number of rotatable bonds is 3. The first-order chi connectivity index (χ1) is 9.16. The van der Waals surface area contributed by atoms with Crippen LogP contribution in [0.4, 0.5) is 0 Å². The van der Waals surface area contributed by atoms with Gasteiger partial charge in [-0.3, -0.25) is 9.78 Å². The van der Waals surface area contributed by atoms with Crippen molar-refractivity contribution in [1.29, 1.82) is 0 Å². The molecule has 1 aromatic rings. The summed E-state index contributed by atoms with van der Waals surface area (Å²) >= 11 is 0. The van der Waals surface area contributed by atoms with Crippen LogP contribution in [0.5, 0.6) is 0 Å². The van der Waals surface area contributed by atoms with E-state index >= 15 is 0 Å². The van der Waals surface area contributed by atoms with Gasteiger partial charge in [0.1, 0.15) is 0 Å². The van der Waals surface area contributed by atoms with Gasteiger partial charge in [0.25, 0.3) is 0 Å². The standard InChI is InChI=1S/C14H19N3O2/c1-8-3-2-5-16-10(8)7-11(18)17-13-12(15)9-4-6-19-14(9)13/h2-3,5,9,12-14H,4,6-7,15H2,1H3,(H,17,18). The normalized spacial score (nSPS) is 32.5. The van der Waals surface area contributed by atoms with Crippen LogP contribution in [0.15, 0.2) is 18.3 Å². The fourth-order valence-electron chi connectivity index (χ4n) is 3.02. The number of nitrogens with two attached hydrogens (primary N) is 1. The van der Waals surface area contributed by atoms with E-state index in [1.807, 2.05) is 19.1 Å². The maximum absolute atomic E-state index is 12.0. The van der Waals surface area contributed by atoms with Gasteiger partial charge in [-0.1, -0.05) is 6.07 Å². The van der Waals surface area contributed by atoms with Crippen LogP contribution in [0.2, 0.25) is 0 Å². The number of fused-ring (bicyclic) bond motifs is 1. The average Bonchev–Trinajstić information content (AvgIpc) is 2.83. The maximum atomic E-state index is 12.0. The molecule has 0 spiro atoms. The molecule has 0 aromatic carbocycles. The van der Waals surface area contributed by atoms with Gasteiger partial charge in [-0.05, 0) is 25.0 Å². The lowest BCUT2D eigenvalue weighted by Crippen LogP contribution is -2.69. The van der Waals surface area contributed by atoms with Crippen LogP contribution in [-0.2, 0) is 16.0 Å². The maximum Gasteiger partial charge on any atom is 0.226 e. The number of nitrogens with one attached hydrogen (secondary N) is 1. The Morgan fingerprint density at radius 3 is 3.26 bits per heavy atom. The van der Waals surface area contributed by atoms with Gasteiger partial charge < -0.3 is 15.8 Å². The molecule has 0 bridgehead atoms. The molecule has 4 unspecified atom stereocenters. The highest BCUT2D eigenvalue weighted by molar-refractivity contribution is 5.79. The summed E-state index contributed by atoms with van der Waals surface area (Å²) in [5, 5.41) is 2.98. The lowest BCUT2D eigenvalue weighted by Gasteiger charge is -2.45. The number of carbonyl (C=O) groups excluding carboxylic acids is 1. The topological polar surface area (TPSA) is 77.2 Å². The van der Waals surface area contributed by atoms with E-state index in [1.54, 1.807) is 6.20 Å². The molecule has 2 fully saturated rings. The second-order valence-corrected chi connectivity index (χ2v) is 5.40. The highest BCUT2D eigenvalue weighted by atomic mass is 16.5. The zero-order chi connectivity index (χ0) is 13.4. The van der Waals surface area contributed by atoms with E-state index in [0.29, 0.717) is 12.3 Å². The summed E-state index contributed by atoms with van der Waals surface area (Å²) in [6.07, 6.45) is 3.13. The third-order valence-corrected chi connectivity index (χ3v) is 4.22. The van der Waals surface area contributed by atoms with Gasteiger partial charge >= 0.3 is 0 Å². The average molecular weight is 261 g/mol. The van der Waals surface area contributed by atoms with Gasteiger partial charge in [0.05, 0.1) is 24.3 Å². The lowest BCUT2D eigenvalue weighted by atomic mass is 9.72. The Hall–Kier alpha value is -1.46. The van der Waals surface area contributed by atoms with Crippen LogP contribution < -0.4 is 11.1 Å². The van der Waals surface area contributed by atoms with Crippen molar-refractivity contribution in [3.05, 3.63) is 29.6 Å². The van der Waals surface area contributed by atoms with Crippen LogP contribution in [0.3, 0.4) is 0 Å². The summed E-state index contributed by atoms with van der Waals surface area (Å²) in [7, 11) is 0. The largest absolute Gasteiger partial charge is 0.376 e. The van der Waals surface area contributed by atoms with Gasteiger partial charge in [-0.2, -0.15) is 0 Å². The van der Waals surface area contributed by atoms with Gasteiger partial charge in [0.15, 0.2) is 0 Å². The summed E-state index contributed by atoms with van der Waals surface area (Å²) in [6.45, 7) is 2.72. The van der Waals surface area contributed by atoms with Gasteiger partial charge in [0.2, 0.25) is 5.91 Å². The summed E-state index contributed by atoms with van der Waals surface area (Å²) in [4.78, 5) is 16.3. The van der Waals surface area contributed by atoms with Crippen molar-refractivity contribution < 1.29 is 9.53 Å². The number of carbonyl (C=O) groups is 1. The van der Waals surface area contributed by atoms with Crippen LogP contribution in [-0.4, -0.2) is 35.7 Å². The number of amides is 1. The molecule has 3 rings (SSSR count). The molecule has 1 saturated heterocycles. The van der Waals surface area contributed by atoms with E-state index in [1.165, 1.54) is 0 Å². The highest BCUT2D eigenvalue weighted by Gasteiger charge is 2.52. The zero-order valence-corrected chi connectivity index (χ0v) is 11.0. The number of ether oxygens (including phenoxy) is 1. The quantitative estimate of drug-likeness (QED) is 0.812. The second kappa shape index (κ2) is 4.90. The van der Waals surface area contributed by atoms with Crippen LogP contribution in [0, 0.1) is 12.8 Å². The molecule has 5 nitrogen and oxygen atoms in total. The first-order valence-electron chi connectivity index (χ1n) is 6.74. The smallest absolute Gasteiger partial charge is 0.226 e. The monoisotopic (exact) mass is 261 g/mol. The molecule has 1 amide bonds. The molecule has 19 heavy (non-hydrogen) atoms. The van der Waals surface area contributed by atoms with E-state index < -0.39 is 0 Å². The van der Waals surface area contributed by atoms with Crippen molar-refractivity contribution in [3.63, 3.8) is 0 Å². The van der Waals surface area contributed by atoms with Crippen LogP contribution in [0.25, 0.3) is 0 Å². The van der Waals surface area contributed by atoms with E-state index in [4.69, 9.17) is 10.5 Å². The molecule has 1 saturated carbocycles. The Morgan fingerprint density at radius 2 is 2.47 bits per heavy atom. The number of nitrogens with zero attached hydrogens (tertiary/aromatic N) is 1. The SMILES string of the molecule is Cc1cccnc1CC(=O)NC1C(N)C2CCOC21. The highest BCUT2D eigenvalue weighted by Crippen LogP contribution is 2.37. The predicted octanol–water partition coefficient (Wildman–Crippen LogP) is 0.163. The minimum atomic E-state index is -0.0379. The molecule has 5 heteroatoms. The molecular weight excluding hydrogens is 242 g/mol. The first-order valence-corrected chi connectivity index (χ1v) is 6.74. The minimum Gasteiger partial charge on any atom is -0.376 e. The number of hydrogen-bond donors (Lipinski definition) is 2. The lowest BCUT2D eigenvalue weighted by molar-refractivity contribution is -0.125. The summed E-state index contributed by atoms with van der Waals surface area (Å²) in [5.74, 6) is 0.387. The summed E-state index contributed by atoms with van der Waals surface area (Å²) < 4.78 is 5.60. The summed E-state index contributed by atoms with van der Waals surface area (Å²) in [5.41, 5.74) is 7.92. The first kappa shape index (κ1) is 12.6. The van der Waals surface area contributed by atoms with E-state index in [0.717, 1.165) is 24.3 Å². The summed E-state index contributed by atoms with van der Waals surface area (Å²) in [6, 6.07) is 3.82. The minimum absolute atomic E-state index is 0.0290. The molecule has 1 aliphatic carbocycles. The van der Waals surface area contributed by atoms with Gasteiger partial charge in [0, 0.05) is 24.8 Å². The fourth-order valence-corrected chi connectivity index (χ4v) is 3.02. The molecule has 0 radical (unpaired) electrons. The van der Waals surface area contributed by atoms with Crippen molar-refractivity contribution in [2.24, 2.45) is 11.7 Å². The van der Waals surface area contributed by atoms with E-state index in [2.05, 4.69) is 10.3 Å². The van der Waals surface area contributed by atoms with E-state index in [-0.39, 0.29) is 24.1 Å². The molecular formula is C14H19N3O2. The van der Waals surface area contributed by atoms with E-state index in [9.17, 15) is 4.79 Å². The van der Waals surface area contributed by atoms with Crippen molar-refractivity contribution in [1.82, 2.24) is 10.3 Å². The zero-order valence-electron chi connectivity index (χ0n) is 11.0. The molecule has 1 aromatic heterocycles. The number of aryl methyl sites for hydroxylation is 1. The van der Waals surface area contributed by atoms with Gasteiger partial charge in [-0.25, -0.2) is 0 Å². The Morgan fingerprint density at radius 1 is 1.63 bits per heavy atom. The van der Waals surface area contributed by atoms with Crippen LogP contribution >= 0.6 is 0 Å².